The number of hydrogen-bond acceptors (Lipinski definition) is 5. The van der Waals surface area contributed by atoms with E-state index in [1.165, 1.54) is 30.3 Å². The lowest BCUT2D eigenvalue weighted by atomic mass is 9.94. The van der Waals surface area contributed by atoms with E-state index in [9.17, 15) is 13.2 Å². The van der Waals surface area contributed by atoms with E-state index in [4.69, 9.17) is 4.74 Å². The molecule has 2 heterocycles. The van der Waals surface area contributed by atoms with Crippen molar-refractivity contribution < 1.29 is 17.9 Å². The van der Waals surface area contributed by atoms with E-state index >= 15 is 0 Å². The second-order valence-electron chi connectivity index (χ2n) is 9.73. The summed E-state index contributed by atoms with van der Waals surface area (Å²) in [6.45, 7) is 7.99. The molecule has 2 aliphatic rings. The summed E-state index contributed by atoms with van der Waals surface area (Å²) in [6, 6.07) is 12.4. The molecule has 1 amide bonds. The maximum absolute atomic E-state index is 13.5. The topological polar surface area (TPSA) is 79.0 Å². The van der Waals surface area contributed by atoms with Gasteiger partial charge in [0.1, 0.15) is 10.6 Å². The molecule has 2 atom stereocenters. The average Bonchev–Trinajstić information content (AvgIpc) is 3.32. The molecule has 2 aliphatic heterocycles. The van der Waals surface area contributed by atoms with Crippen LogP contribution in [0, 0.1) is 11.8 Å². The Morgan fingerprint density at radius 1 is 1.06 bits per heavy atom. The van der Waals surface area contributed by atoms with Crippen LogP contribution in [-0.4, -0.2) is 56.8 Å². The number of hydrogen-bond donors (Lipinski definition) is 1. The van der Waals surface area contributed by atoms with Gasteiger partial charge in [0.15, 0.2) is 0 Å². The number of methoxy groups -OCH3 is 1. The molecule has 2 aromatic rings. The first kappa shape index (κ1) is 24.7. The number of carbonyl (C=O) groups is 1. The quantitative estimate of drug-likeness (QED) is 0.636. The normalized spacial score (nSPS) is 22.0. The first-order chi connectivity index (χ1) is 16.3. The van der Waals surface area contributed by atoms with E-state index in [0.717, 1.165) is 37.3 Å². The first-order valence-electron chi connectivity index (χ1n) is 12.1. The number of ether oxygens (including phenoxy) is 1. The molecule has 0 aliphatic carbocycles. The summed E-state index contributed by atoms with van der Waals surface area (Å²) in [5.74, 6) is 0.469. The minimum absolute atomic E-state index is 0.0364. The fourth-order valence-corrected chi connectivity index (χ4v) is 6.98. The third-order valence-corrected chi connectivity index (χ3v) is 8.59. The van der Waals surface area contributed by atoms with Gasteiger partial charge in [0, 0.05) is 30.9 Å². The molecule has 0 saturated carbocycles. The molecule has 2 fully saturated rings. The molecule has 0 aromatic heterocycles. The van der Waals surface area contributed by atoms with E-state index in [0.29, 0.717) is 13.1 Å². The summed E-state index contributed by atoms with van der Waals surface area (Å²) in [5, 5.41) is 3.00. The van der Waals surface area contributed by atoms with E-state index in [1.54, 1.807) is 12.1 Å². The number of benzene rings is 2. The lowest BCUT2D eigenvalue weighted by Gasteiger charge is -2.34. The van der Waals surface area contributed by atoms with Crippen LogP contribution in [0.15, 0.2) is 47.4 Å². The van der Waals surface area contributed by atoms with Crippen LogP contribution in [-0.2, 0) is 16.6 Å². The van der Waals surface area contributed by atoms with Gasteiger partial charge in [0.2, 0.25) is 10.0 Å². The van der Waals surface area contributed by atoms with Crippen molar-refractivity contribution in [2.75, 3.05) is 38.6 Å². The van der Waals surface area contributed by atoms with E-state index in [2.05, 4.69) is 24.1 Å². The van der Waals surface area contributed by atoms with Gasteiger partial charge in [-0.3, -0.25) is 9.69 Å². The zero-order valence-electron chi connectivity index (χ0n) is 20.3. The Kier molecular flexibility index (Phi) is 7.60. The number of sulfonamides is 1. The molecule has 0 radical (unpaired) electrons. The highest BCUT2D eigenvalue weighted by Gasteiger charge is 2.34. The van der Waals surface area contributed by atoms with Crippen molar-refractivity contribution in [2.45, 2.75) is 44.6 Å². The van der Waals surface area contributed by atoms with Crippen LogP contribution >= 0.6 is 0 Å². The molecule has 8 heteroatoms. The van der Waals surface area contributed by atoms with Crippen molar-refractivity contribution >= 4 is 21.6 Å². The van der Waals surface area contributed by atoms with Crippen molar-refractivity contribution in [1.82, 2.24) is 9.21 Å². The number of nitrogens with zero attached hydrogens (tertiary/aromatic N) is 2. The number of amides is 1. The molecule has 2 saturated heterocycles. The van der Waals surface area contributed by atoms with Crippen LogP contribution in [0.4, 0.5) is 5.69 Å². The summed E-state index contributed by atoms with van der Waals surface area (Å²) in [6.07, 6.45) is 3.40. The van der Waals surface area contributed by atoms with Crippen LogP contribution in [0.3, 0.4) is 0 Å². The Labute approximate surface area is 203 Å². The molecule has 7 nitrogen and oxygen atoms in total. The fraction of sp³-hybridized carbons (Fsp3) is 0.500. The second kappa shape index (κ2) is 10.5. The van der Waals surface area contributed by atoms with E-state index < -0.39 is 10.0 Å². The van der Waals surface area contributed by atoms with Crippen LogP contribution < -0.4 is 10.1 Å². The molecular weight excluding hydrogens is 450 g/mol. The number of nitrogens with one attached hydrogen (secondary N) is 1. The number of carbonyl (C=O) groups excluding carboxylic acids is 1. The number of likely N-dealkylation sites (tertiary alicyclic amines) is 1. The number of para-hydroxylation sites is 1. The predicted molar refractivity (Wildman–Crippen MR) is 134 cm³/mol. The number of rotatable bonds is 7. The van der Waals surface area contributed by atoms with Crippen molar-refractivity contribution in [3.05, 3.63) is 53.6 Å². The molecule has 0 bridgehead atoms. The first-order valence-corrected chi connectivity index (χ1v) is 13.5. The van der Waals surface area contributed by atoms with Gasteiger partial charge in [-0.2, -0.15) is 4.31 Å². The minimum Gasteiger partial charge on any atom is -0.495 e. The largest absolute Gasteiger partial charge is 0.495 e. The zero-order valence-corrected chi connectivity index (χ0v) is 21.1. The van der Waals surface area contributed by atoms with Gasteiger partial charge in [0.25, 0.3) is 5.91 Å². The van der Waals surface area contributed by atoms with Gasteiger partial charge in [-0.1, -0.05) is 32.0 Å². The third-order valence-electron chi connectivity index (χ3n) is 6.74. The smallest absolute Gasteiger partial charge is 0.255 e. The Hall–Kier alpha value is -2.42. The van der Waals surface area contributed by atoms with E-state index in [-0.39, 0.29) is 34.0 Å². The molecule has 2 aromatic carbocycles. The van der Waals surface area contributed by atoms with Gasteiger partial charge in [-0.15, -0.1) is 0 Å². The molecule has 184 valence electrons. The Morgan fingerprint density at radius 3 is 2.41 bits per heavy atom. The number of piperidine rings is 1. The SMILES string of the molecule is COc1ccc(C(=O)Nc2ccccc2CN2CCCC2)cc1S(=O)(=O)N1CC(C)CC(C)C1. The van der Waals surface area contributed by atoms with Gasteiger partial charge in [0.05, 0.1) is 7.11 Å². The standard InChI is InChI=1S/C26H35N3O4S/c1-19-14-20(2)17-29(16-19)34(31,32)25-15-21(10-11-24(25)33-3)26(30)27-23-9-5-4-8-22(23)18-28-12-6-7-13-28/h4-5,8-11,15,19-20H,6-7,12-14,16-18H2,1-3H3,(H,27,30). The molecule has 1 N–H and O–H groups in total. The molecule has 0 spiro atoms. The van der Waals surface area contributed by atoms with E-state index in [1.807, 2.05) is 24.3 Å². The van der Waals surface area contributed by atoms with Crippen molar-refractivity contribution in [2.24, 2.45) is 11.8 Å². The summed E-state index contributed by atoms with van der Waals surface area (Å²) in [5.41, 5.74) is 2.09. The molecular formula is C26H35N3O4S. The molecule has 34 heavy (non-hydrogen) atoms. The van der Waals surface area contributed by atoms with Gasteiger partial charge in [-0.05, 0) is 74.0 Å². The fourth-order valence-electron chi connectivity index (χ4n) is 5.12. The van der Waals surface area contributed by atoms with Gasteiger partial charge in [-0.25, -0.2) is 8.42 Å². The number of anilines is 1. The summed E-state index contributed by atoms with van der Waals surface area (Å²) < 4.78 is 34.0. The highest BCUT2D eigenvalue weighted by atomic mass is 32.2. The Bertz CT molecular complexity index is 1120. The van der Waals surface area contributed by atoms with Crippen LogP contribution in [0.1, 0.15) is 49.0 Å². The van der Waals surface area contributed by atoms with Gasteiger partial charge < -0.3 is 10.1 Å². The van der Waals surface area contributed by atoms with Crippen LogP contribution in [0.2, 0.25) is 0 Å². The Balaban J connectivity index is 1.59. The Morgan fingerprint density at radius 2 is 1.74 bits per heavy atom. The van der Waals surface area contributed by atoms with Crippen molar-refractivity contribution in [3.63, 3.8) is 0 Å². The molecule has 4 rings (SSSR count). The van der Waals surface area contributed by atoms with Gasteiger partial charge >= 0.3 is 0 Å². The lowest BCUT2D eigenvalue weighted by molar-refractivity contribution is 0.102. The maximum Gasteiger partial charge on any atom is 0.255 e. The molecule has 2 unspecified atom stereocenters. The predicted octanol–water partition coefficient (Wildman–Crippen LogP) is 4.21. The second-order valence-corrected chi connectivity index (χ2v) is 11.6. The third kappa shape index (κ3) is 5.45. The summed E-state index contributed by atoms with van der Waals surface area (Å²) in [4.78, 5) is 15.6. The highest BCUT2D eigenvalue weighted by molar-refractivity contribution is 7.89. The minimum atomic E-state index is -3.80. The lowest BCUT2D eigenvalue weighted by Crippen LogP contribution is -2.42. The average molecular weight is 486 g/mol. The monoisotopic (exact) mass is 485 g/mol. The highest BCUT2D eigenvalue weighted by Crippen LogP contribution is 2.32. The van der Waals surface area contributed by atoms with Crippen molar-refractivity contribution in [3.8, 4) is 5.75 Å². The summed E-state index contributed by atoms with van der Waals surface area (Å²) in [7, 11) is -2.35. The van der Waals surface area contributed by atoms with Crippen molar-refractivity contribution in [1.29, 1.82) is 0 Å². The zero-order chi connectivity index (χ0) is 24.3. The van der Waals surface area contributed by atoms with Crippen LogP contribution in [0.5, 0.6) is 5.75 Å². The summed E-state index contributed by atoms with van der Waals surface area (Å²) >= 11 is 0. The maximum atomic E-state index is 13.5. The van der Waals surface area contributed by atoms with Crippen LogP contribution in [0.25, 0.3) is 0 Å².